The number of ether oxygens (including phenoxy) is 2. The zero-order valence-electron chi connectivity index (χ0n) is 16.7. The molecule has 4 amide bonds. The largest absolute Gasteiger partial charge is 0.481 e. The Bertz CT molecular complexity index is 1120. The number of nitrogens with one attached hydrogen (secondary N) is 2. The van der Waals surface area contributed by atoms with E-state index < -0.39 is 36.2 Å². The van der Waals surface area contributed by atoms with Crippen molar-refractivity contribution in [2.75, 3.05) is 25.6 Å². The molecule has 32 heavy (non-hydrogen) atoms. The third-order valence-electron chi connectivity index (χ3n) is 4.25. The van der Waals surface area contributed by atoms with Crippen LogP contribution in [0.4, 0.5) is 14.9 Å². The molecule has 1 saturated heterocycles. The van der Waals surface area contributed by atoms with Crippen molar-refractivity contribution in [2.24, 2.45) is 0 Å². The summed E-state index contributed by atoms with van der Waals surface area (Å²) >= 11 is 3.30. The van der Waals surface area contributed by atoms with Crippen molar-refractivity contribution in [3.63, 3.8) is 0 Å². The molecule has 1 aliphatic rings. The van der Waals surface area contributed by atoms with Crippen LogP contribution in [0.5, 0.6) is 5.75 Å². The first kappa shape index (κ1) is 22.9. The maximum atomic E-state index is 13.7. The summed E-state index contributed by atoms with van der Waals surface area (Å²) in [7, 11) is 1.25. The number of benzene rings is 2. The van der Waals surface area contributed by atoms with Gasteiger partial charge in [0.2, 0.25) is 5.91 Å². The van der Waals surface area contributed by atoms with E-state index in [0.29, 0.717) is 20.7 Å². The number of methoxy groups -OCH3 is 1. The fourth-order valence-electron chi connectivity index (χ4n) is 2.70. The Morgan fingerprint density at radius 3 is 2.66 bits per heavy atom. The van der Waals surface area contributed by atoms with Gasteiger partial charge in [0.15, 0.2) is 6.61 Å². The van der Waals surface area contributed by atoms with Gasteiger partial charge in [-0.25, -0.2) is 18.9 Å². The van der Waals surface area contributed by atoms with Crippen LogP contribution in [0, 0.1) is 5.82 Å². The third-order valence-corrected chi connectivity index (χ3v) is 4.87. The van der Waals surface area contributed by atoms with Gasteiger partial charge in [-0.05, 0) is 51.8 Å². The second-order valence-corrected chi connectivity index (χ2v) is 7.32. The van der Waals surface area contributed by atoms with Crippen LogP contribution in [0.15, 0.2) is 52.6 Å². The molecule has 0 aromatic heterocycles. The molecule has 0 aliphatic carbocycles. The number of imide groups is 1. The smallest absolute Gasteiger partial charge is 0.343 e. The molecule has 2 aromatic carbocycles. The Balaban J connectivity index is 1.67. The van der Waals surface area contributed by atoms with Gasteiger partial charge in [-0.3, -0.25) is 9.59 Å². The maximum Gasteiger partial charge on any atom is 0.343 e. The number of halogens is 2. The van der Waals surface area contributed by atoms with Crippen molar-refractivity contribution in [1.82, 2.24) is 10.2 Å². The number of urea groups is 1. The Morgan fingerprint density at radius 2 is 1.97 bits per heavy atom. The zero-order valence-corrected chi connectivity index (χ0v) is 18.3. The highest BCUT2D eigenvalue weighted by Gasteiger charge is 2.35. The minimum atomic E-state index is -0.776. The summed E-state index contributed by atoms with van der Waals surface area (Å²) in [6, 6.07) is 9.56. The molecule has 11 heteroatoms. The number of carbonyl (C=O) groups is 4. The molecule has 166 valence electrons. The van der Waals surface area contributed by atoms with Crippen LogP contribution in [-0.4, -0.2) is 49.0 Å². The molecule has 0 saturated carbocycles. The summed E-state index contributed by atoms with van der Waals surface area (Å²) in [5, 5.41) is 4.72. The van der Waals surface area contributed by atoms with Gasteiger partial charge in [-0.15, -0.1) is 0 Å². The Morgan fingerprint density at radius 1 is 1.22 bits per heavy atom. The van der Waals surface area contributed by atoms with Crippen LogP contribution in [0.3, 0.4) is 0 Å². The van der Waals surface area contributed by atoms with Crippen LogP contribution in [0.1, 0.15) is 5.56 Å². The van der Waals surface area contributed by atoms with Crippen molar-refractivity contribution in [3.05, 3.63) is 64.0 Å². The zero-order chi connectivity index (χ0) is 23.3. The van der Waals surface area contributed by atoms with Crippen molar-refractivity contribution in [2.45, 2.75) is 0 Å². The predicted molar refractivity (Wildman–Crippen MR) is 115 cm³/mol. The van der Waals surface area contributed by atoms with Gasteiger partial charge in [0, 0.05) is 0 Å². The Hall–Kier alpha value is -3.73. The molecule has 0 spiro atoms. The SMILES string of the molecule is COC(=O)COc1ccc(/C=C2/NC(=O)N(CC(=O)Nc3ccccc3F)C2=O)cc1Br. The molecule has 0 radical (unpaired) electrons. The maximum absolute atomic E-state index is 13.7. The van der Waals surface area contributed by atoms with Gasteiger partial charge >= 0.3 is 12.0 Å². The molecule has 2 N–H and O–H groups in total. The Labute approximate surface area is 190 Å². The summed E-state index contributed by atoms with van der Waals surface area (Å²) in [5.41, 5.74) is 0.451. The fraction of sp³-hybridized carbons (Fsp3) is 0.143. The minimum absolute atomic E-state index is 0.0381. The second-order valence-electron chi connectivity index (χ2n) is 6.46. The molecule has 9 nitrogen and oxygen atoms in total. The number of rotatable bonds is 7. The molecular formula is C21H17BrFN3O6. The number of nitrogens with zero attached hydrogens (tertiary/aromatic N) is 1. The molecule has 1 heterocycles. The van der Waals surface area contributed by atoms with E-state index in [4.69, 9.17) is 4.74 Å². The lowest BCUT2D eigenvalue weighted by Gasteiger charge is -2.12. The molecule has 3 rings (SSSR count). The molecule has 0 atom stereocenters. The number of para-hydroxylation sites is 1. The van der Waals surface area contributed by atoms with Crippen LogP contribution in [0.25, 0.3) is 6.08 Å². The van der Waals surface area contributed by atoms with E-state index in [2.05, 4.69) is 31.3 Å². The van der Waals surface area contributed by atoms with E-state index in [1.54, 1.807) is 18.2 Å². The van der Waals surface area contributed by atoms with Crippen molar-refractivity contribution in [3.8, 4) is 5.75 Å². The van der Waals surface area contributed by atoms with E-state index in [1.165, 1.54) is 37.5 Å². The molecular weight excluding hydrogens is 489 g/mol. The molecule has 1 aliphatic heterocycles. The highest BCUT2D eigenvalue weighted by atomic mass is 79.9. The lowest BCUT2D eigenvalue weighted by Crippen LogP contribution is -2.38. The number of amides is 4. The number of hydrogen-bond acceptors (Lipinski definition) is 6. The molecule has 1 fully saturated rings. The van der Waals surface area contributed by atoms with E-state index in [0.717, 1.165) is 0 Å². The van der Waals surface area contributed by atoms with Crippen molar-refractivity contribution in [1.29, 1.82) is 0 Å². The quantitative estimate of drug-likeness (QED) is 0.339. The van der Waals surface area contributed by atoms with Gasteiger partial charge in [0.25, 0.3) is 5.91 Å². The lowest BCUT2D eigenvalue weighted by molar-refractivity contribution is -0.143. The standard InChI is InChI=1S/C21H17BrFN3O6/c1-31-19(28)11-32-17-7-6-12(8-13(17)22)9-16-20(29)26(21(30)25-16)10-18(27)24-15-5-3-2-4-14(15)23/h2-9H,10-11H2,1H3,(H,24,27)(H,25,30)/b16-9+. The highest BCUT2D eigenvalue weighted by Crippen LogP contribution is 2.27. The first-order valence-electron chi connectivity index (χ1n) is 9.16. The van der Waals surface area contributed by atoms with Gasteiger partial charge < -0.3 is 20.1 Å². The highest BCUT2D eigenvalue weighted by molar-refractivity contribution is 9.10. The Kier molecular flexibility index (Phi) is 7.21. The van der Waals surface area contributed by atoms with Gasteiger partial charge in [0.1, 0.15) is 23.8 Å². The summed E-state index contributed by atoms with van der Waals surface area (Å²) in [6.45, 7) is -0.853. The predicted octanol–water partition coefficient (Wildman–Crippen LogP) is 2.67. The molecule has 0 unspecified atom stereocenters. The van der Waals surface area contributed by atoms with E-state index >= 15 is 0 Å². The molecule has 2 aromatic rings. The number of hydrogen-bond donors (Lipinski definition) is 2. The monoisotopic (exact) mass is 505 g/mol. The van der Waals surface area contributed by atoms with E-state index in [-0.39, 0.29) is 18.0 Å². The fourth-order valence-corrected chi connectivity index (χ4v) is 3.21. The van der Waals surface area contributed by atoms with Gasteiger partial charge in [-0.1, -0.05) is 18.2 Å². The normalized spacial score (nSPS) is 14.3. The van der Waals surface area contributed by atoms with Gasteiger partial charge in [-0.2, -0.15) is 0 Å². The first-order chi connectivity index (χ1) is 15.3. The second kappa shape index (κ2) is 10.1. The van der Waals surface area contributed by atoms with Crippen molar-refractivity contribution >= 4 is 51.5 Å². The third kappa shape index (κ3) is 5.49. The average molecular weight is 506 g/mol. The lowest BCUT2D eigenvalue weighted by atomic mass is 10.2. The summed E-state index contributed by atoms with van der Waals surface area (Å²) in [6.07, 6.45) is 1.42. The van der Waals surface area contributed by atoms with Crippen LogP contribution in [0.2, 0.25) is 0 Å². The summed E-state index contributed by atoms with van der Waals surface area (Å²) in [5.74, 6) is -2.23. The van der Waals surface area contributed by atoms with Gasteiger partial charge in [0.05, 0.1) is 17.3 Å². The average Bonchev–Trinajstić information content (AvgIpc) is 3.01. The van der Waals surface area contributed by atoms with Crippen LogP contribution in [-0.2, 0) is 19.1 Å². The summed E-state index contributed by atoms with van der Waals surface area (Å²) in [4.78, 5) is 48.8. The van der Waals surface area contributed by atoms with E-state index in [9.17, 15) is 23.6 Å². The number of esters is 1. The van der Waals surface area contributed by atoms with E-state index in [1.807, 2.05) is 0 Å². The number of anilines is 1. The first-order valence-corrected chi connectivity index (χ1v) is 9.96. The molecule has 0 bridgehead atoms. The van der Waals surface area contributed by atoms with Crippen LogP contribution >= 0.6 is 15.9 Å². The minimum Gasteiger partial charge on any atom is -0.481 e. The number of carbonyl (C=O) groups excluding carboxylic acids is 4. The van der Waals surface area contributed by atoms with Crippen LogP contribution < -0.4 is 15.4 Å². The van der Waals surface area contributed by atoms with Crippen molar-refractivity contribution < 1.29 is 33.0 Å². The topological polar surface area (TPSA) is 114 Å². The summed E-state index contributed by atoms with van der Waals surface area (Å²) < 4.78 is 24.0.